The number of fused-ring (bicyclic) bond motifs is 4. The van der Waals surface area contributed by atoms with Crippen LogP contribution in [0.5, 0.6) is 5.88 Å². The molecule has 10 heteroatoms. The average Bonchev–Trinajstić information content (AvgIpc) is 3.52. The molecule has 2 saturated heterocycles. The Balaban J connectivity index is 1.46. The first-order valence-electron chi connectivity index (χ1n) is 12.3. The maximum Gasteiger partial charge on any atom is 0.257 e. The molecule has 1 aromatic heterocycles. The molecule has 1 aliphatic carbocycles. The number of carbonyl (C=O) groups is 3. The van der Waals surface area contributed by atoms with E-state index in [1.165, 1.54) is 20.0 Å². The lowest BCUT2D eigenvalue weighted by molar-refractivity contribution is -0.149. The van der Waals surface area contributed by atoms with Crippen molar-refractivity contribution in [3.8, 4) is 5.88 Å². The number of hydrogen-bond donors (Lipinski definition) is 1. The number of aromatic nitrogens is 1. The monoisotopic (exact) mass is 471 g/mol. The van der Waals surface area contributed by atoms with E-state index in [1.807, 2.05) is 4.90 Å². The first-order chi connectivity index (χ1) is 16.5. The number of carbonyl (C=O) groups excluding carboxylic acids is 3. The minimum absolute atomic E-state index is 0.00580. The molecule has 1 N–H and O–H groups in total. The van der Waals surface area contributed by atoms with Crippen molar-refractivity contribution in [2.45, 2.75) is 56.3 Å². The van der Waals surface area contributed by atoms with Gasteiger partial charge in [0.1, 0.15) is 18.8 Å². The second-order valence-corrected chi connectivity index (χ2v) is 9.68. The van der Waals surface area contributed by atoms with Gasteiger partial charge in [-0.05, 0) is 31.4 Å². The quantitative estimate of drug-likeness (QED) is 0.675. The Labute approximate surface area is 199 Å². The Morgan fingerprint density at radius 3 is 2.82 bits per heavy atom. The number of nitrogens with zero attached hydrogens (tertiary/aromatic N) is 4. The summed E-state index contributed by atoms with van der Waals surface area (Å²) < 4.78 is 11.0. The summed E-state index contributed by atoms with van der Waals surface area (Å²) in [6.45, 7) is 2.10. The van der Waals surface area contributed by atoms with Crippen molar-refractivity contribution >= 4 is 17.7 Å². The van der Waals surface area contributed by atoms with Gasteiger partial charge in [-0.2, -0.15) is 0 Å². The summed E-state index contributed by atoms with van der Waals surface area (Å²) in [5.74, 6) is -0.0221. The predicted molar refractivity (Wildman–Crippen MR) is 122 cm³/mol. The van der Waals surface area contributed by atoms with Crippen LogP contribution in [0.25, 0.3) is 0 Å². The topological polar surface area (TPSA) is 104 Å². The summed E-state index contributed by atoms with van der Waals surface area (Å²) in [6, 6.07) is 3.08. The highest BCUT2D eigenvalue weighted by atomic mass is 16.5. The maximum absolute atomic E-state index is 13.9. The van der Waals surface area contributed by atoms with Crippen LogP contribution in [0.2, 0.25) is 0 Å². The summed E-state index contributed by atoms with van der Waals surface area (Å²) in [5.41, 5.74) is 0.389. The van der Waals surface area contributed by atoms with E-state index in [-0.39, 0.29) is 54.9 Å². The zero-order valence-corrected chi connectivity index (χ0v) is 19.6. The SMILES string of the molecule is COCC(=O)N1CCN2C(=O)[C@@H]3C[C@H](CN3C3CCCC3)NC(=O)c3cccnc3OC[C@@H]2C1. The molecule has 3 amide bonds. The number of hydrogen-bond acceptors (Lipinski definition) is 7. The first-order valence-corrected chi connectivity index (χ1v) is 12.3. The molecule has 1 aromatic rings. The van der Waals surface area contributed by atoms with Crippen LogP contribution in [0.3, 0.4) is 0 Å². The zero-order valence-electron chi connectivity index (χ0n) is 19.6. The average molecular weight is 472 g/mol. The van der Waals surface area contributed by atoms with Gasteiger partial charge in [-0.15, -0.1) is 0 Å². The van der Waals surface area contributed by atoms with Crippen LogP contribution in [0.15, 0.2) is 18.3 Å². The molecular weight excluding hydrogens is 438 g/mol. The van der Waals surface area contributed by atoms with Crippen LogP contribution in [0.1, 0.15) is 42.5 Å². The molecule has 1 saturated carbocycles. The van der Waals surface area contributed by atoms with Gasteiger partial charge in [-0.1, -0.05) is 12.8 Å². The Morgan fingerprint density at radius 2 is 2.03 bits per heavy atom. The highest BCUT2D eigenvalue weighted by Crippen LogP contribution is 2.32. The summed E-state index contributed by atoms with van der Waals surface area (Å²) in [7, 11) is 1.50. The number of rotatable bonds is 3. The van der Waals surface area contributed by atoms with E-state index in [0.717, 1.165) is 12.8 Å². The lowest BCUT2D eigenvalue weighted by Crippen LogP contribution is -2.62. The molecule has 2 bridgehead atoms. The highest BCUT2D eigenvalue weighted by Gasteiger charge is 2.45. The van der Waals surface area contributed by atoms with E-state index in [1.54, 1.807) is 23.2 Å². The fourth-order valence-electron chi connectivity index (χ4n) is 5.89. The third-order valence-corrected chi connectivity index (χ3v) is 7.57. The van der Waals surface area contributed by atoms with Gasteiger partial charge in [-0.3, -0.25) is 19.3 Å². The number of piperazine rings is 1. The van der Waals surface area contributed by atoms with Gasteiger partial charge in [0.2, 0.25) is 17.7 Å². The second-order valence-electron chi connectivity index (χ2n) is 9.68. The summed E-state index contributed by atoms with van der Waals surface area (Å²) >= 11 is 0. The van der Waals surface area contributed by atoms with E-state index in [2.05, 4.69) is 15.2 Å². The summed E-state index contributed by atoms with van der Waals surface area (Å²) in [4.78, 5) is 49.8. The van der Waals surface area contributed by atoms with E-state index < -0.39 is 0 Å². The van der Waals surface area contributed by atoms with Crippen molar-refractivity contribution in [2.24, 2.45) is 0 Å². The molecule has 0 radical (unpaired) electrons. The van der Waals surface area contributed by atoms with Crippen LogP contribution in [0, 0.1) is 0 Å². The first kappa shape index (κ1) is 23.0. The van der Waals surface area contributed by atoms with Crippen molar-refractivity contribution < 1.29 is 23.9 Å². The molecular formula is C24H33N5O5. The number of likely N-dealkylation sites (tertiary alicyclic amines) is 1. The fourth-order valence-corrected chi connectivity index (χ4v) is 5.89. The highest BCUT2D eigenvalue weighted by molar-refractivity contribution is 5.96. The fraction of sp³-hybridized carbons (Fsp3) is 0.667. The van der Waals surface area contributed by atoms with Gasteiger partial charge in [0, 0.05) is 51.6 Å². The van der Waals surface area contributed by atoms with Gasteiger partial charge in [0.25, 0.3) is 5.91 Å². The lowest BCUT2D eigenvalue weighted by Gasteiger charge is -2.43. The predicted octanol–water partition coefficient (Wildman–Crippen LogP) is 0.275. The van der Waals surface area contributed by atoms with Crippen LogP contribution >= 0.6 is 0 Å². The summed E-state index contributed by atoms with van der Waals surface area (Å²) in [5, 5.41) is 3.13. The lowest BCUT2D eigenvalue weighted by atomic mass is 10.1. The smallest absolute Gasteiger partial charge is 0.257 e. The molecule has 0 unspecified atom stereocenters. The maximum atomic E-state index is 13.9. The molecule has 4 heterocycles. The van der Waals surface area contributed by atoms with Gasteiger partial charge >= 0.3 is 0 Å². The van der Waals surface area contributed by atoms with E-state index in [9.17, 15) is 14.4 Å². The molecule has 184 valence electrons. The largest absolute Gasteiger partial charge is 0.475 e. The molecule has 3 atom stereocenters. The van der Waals surface area contributed by atoms with Crippen molar-refractivity contribution in [3.63, 3.8) is 0 Å². The molecule has 3 fully saturated rings. The van der Waals surface area contributed by atoms with Crippen molar-refractivity contribution in [2.75, 3.05) is 46.5 Å². The van der Waals surface area contributed by atoms with E-state index in [0.29, 0.717) is 44.2 Å². The minimum atomic E-state index is -0.330. The van der Waals surface area contributed by atoms with Gasteiger partial charge < -0.3 is 24.6 Å². The van der Waals surface area contributed by atoms with Crippen molar-refractivity contribution in [3.05, 3.63) is 23.9 Å². The number of nitrogens with one attached hydrogen (secondary N) is 1. The van der Waals surface area contributed by atoms with E-state index >= 15 is 0 Å². The number of methoxy groups -OCH3 is 1. The van der Waals surface area contributed by atoms with Gasteiger partial charge in [0.15, 0.2) is 0 Å². The van der Waals surface area contributed by atoms with Gasteiger partial charge in [0.05, 0.1) is 12.1 Å². The number of pyridine rings is 1. The third kappa shape index (κ3) is 4.48. The molecule has 0 spiro atoms. The summed E-state index contributed by atoms with van der Waals surface area (Å²) in [6.07, 6.45) is 6.70. The molecule has 34 heavy (non-hydrogen) atoms. The normalized spacial score (nSPS) is 28.4. The Bertz CT molecular complexity index is 936. The standard InChI is InChI=1S/C24H33N5O5/c1-33-15-21(30)27-9-10-28-18(13-27)14-34-23-19(7-4-8-25-23)22(31)26-16-11-20(24(28)32)29(12-16)17-5-2-3-6-17/h4,7-8,16-18,20H,2-3,5-6,9-15H2,1H3,(H,26,31)/t16-,18+,20+/m1/s1. The van der Waals surface area contributed by atoms with Crippen molar-refractivity contribution in [1.82, 2.24) is 25.0 Å². The van der Waals surface area contributed by atoms with E-state index in [4.69, 9.17) is 9.47 Å². The Kier molecular flexibility index (Phi) is 6.69. The molecule has 3 aliphatic heterocycles. The number of ether oxygens (including phenoxy) is 2. The molecule has 0 aromatic carbocycles. The Hall–Kier alpha value is -2.72. The van der Waals surface area contributed by atoms with Crippen LogP contribution in [0.4, 0.5) is 0 Å². The van der Waals surface area contributed by atoms with Crippen LogP contribution in [-0.2, 0) is 14.3 Å². The van der Waals surface area contributed by atoms with Gasteiger partial charge in [-0.25, -0.2) is 4.98 Å². The minimum Gasteiger partial charge on any atom is -0.475 e. The zero-order chi connectivity index (χ0) is 23.7. The Morgan fingerprint density at radius 1 is 1.21 bits per heavy atom. The molecule has 5 rings (SSSR count). The van der Waals surface area contributed by atoms with Crippen LogP contribution in [-0.4, -0.2) is 108 Å². The molecule has 10 nitrogen and oxygen atoms in total. The van der Waals surface area contributed by atoms with Crippen molar-refractivity contribution in [1.29, 1.82) is 0 Å². The second kappa shape index (κ2) is 9.87. The van der Waals surface area contributed by atoms with Crippen LogP contribution < -0.4 is 10.1 Å². The number of amides is 3. The molecule has 4 aliphatic rings. The third-order valence-electron chi connectivity index (χ3n) is 7.57.